The van der Waals surface area contributed by atoms with Crippen molar-refractivity contribution in [2.24, 2.45) is 5.73 Å². The van der Waals surface area contributed by atoms with Gasteiger partial charge in [0.1, 0.15) is 10.00 Å². The Kier molecular flexibility index (Phi) is 3.77. The van der Waals surface area contributed by atoms with E-state index in [4.69, 9.17) is 22.7 Å². The molecule has 0 spiro atoms. The number of methoxy groups -OCH3 is 1. The third kappa shape index (κ3) is 2.46. The van der Waals surface area contributed by atoms with Crippen molar-refractivity contribution >= 4 is 28.5 Å². The van der Waals surface area contributed by atoms with Crippen LogP contribution in [0.15, 0.2) is 0 Å². The number of nitrogens with zero attached hydrogens (tertiary/aromatic N) is 1. The maximum absolute atomic E-state index is 5.56. The molecule has 0 amide bonds. The van der Waals surface area contributed by atoms with Crippen molar-refractivity contribution in [2.75, 3.05) is 7.11 Å². The van der Waals surface area contributed by atoms with Crippen molar-refractivity contribution in [1.82, 2.24) is 4.98 Å². The second kappa shape index (κ2) is 4.64. The molecular formula is C8H12N2OS2. The van der Waals surface area contributed by atoms with Crippen LogP contribution in [0.1, 0.15) is 22.5 Å². The van der Waals surface area contributed by atoms with Gasteiger partial charge in [-0.25, -0.2) is 4.98 Å². The van der Waals surface area contributed by atoms with E-state index < -0.39 is 0 Å². The number of hydrogen-bond donors (Lipinski definition) is 1. The lowest BCUT2D eigenvalue weighted by atomic mass is 10.3. The van der Waals surface area contributed by atoms with Crippen molar-refractivity contribution in [1.29, 1.82) is 0 Å². The molecule has 2 N–H and O–H groups in total. The van der Waals surface area contributed by atoms with Gasteiger partial charge in [-0.1, -0.05) is 19.1 Å². The summed E-state index contributed by atoms with van der Waals surface area (Å²) < 4.78 is 4.98. The molecule has 0 aromatic carbocycles. The van der Waals surface area contributed by atoms with Crippen molar-refractivity contribution < 1.29 is 4.74 Å². The predicted octanol–water partition coefficient (Wildman–Crippen LogP) is 1.49. The van der Waals surface area contributed by atoms with Gasteiger partial charge >= 0.3 is 0 Å². The van der Waals surface area contributed by atoms with Crippen LogP contribution in [0.5, 0.6) is 0 Å². The van der Waals surface area contributed by atoms with Gasteiger partial charge in [0.25, 0.3) is 0 Å². The lowest BCUT2D eigenvalue weighted by molar-refractivity contribution is 0.184. The monoisotopic (exact) mass is 216 g/mol. The first-order valence-corrected chi connectivity index (χ1v) is 5.18. The molecule has 0 aliphatic carbocycles. The second-order valence-corrected chi connectivity index (χ2v) is 4.06. The first-order chi connectivity index (χ1) is 6.19. The molecule has 3 nitrogen and oxygen atoms in total. The Morgan fingerprint density at radius 3 is 2.77 bits per heavy atom. The van der Waals surface area contributed by atoms with Crippen molar-refractivity contribution in [3.63, 3.8) is 0 Å². The van der Waals surface area contributed by atoms with Gasteiger partial charge in [-0.15, -0.1) is 11.3 Å². The average molecular weight is 216 g/mol. The molecule has 1 aromatic heterocycles. The second-order valence-electron chi connectivity index (χ2n) is 2.53. The van der Waals surface area contributed by atoms with Gasteiger partial charge in [-0.2, -0.15) is 0 Å². The van der Waals surface area contributed by atoms with E-state index in [0.717, 1.165) is 22.0 Å². The van der Waals surface area contributed by atoms with Crippen molar-refractivity contribution in [3.8, 4) is 0 Å². The van der Waals surface area contributed by atoms with Crippen LogP contribution in [0.25, 0.3) is 0 Å². The maximum atomic E-state index is 5.56. The largest absolute Gasteiger partial charge is 0.389 e. The number of aryl methyl sites for hydroxylation is 1. The highest BCUT2D eigenvalue weighted by atomic mass is 32.1. The van der Waals surface area contributed by atoms with E-state index in [9.17, 15) is 0 Å². The van der Waals surface area contributed by atoms with E-state index in [1.165, 1.54) is 11.3 Å². The standard InChI is InChI=1S/C8H12N2OS2/c1-3-5-7(8(9)12)13-6(10-5)4-11-2/h3-4H2,1-2H3,(H2,9,12). The van der Waals surface area contributed by atoms with Crippen LogP contribution in [0.4, 0.5) is 0 Å². The van der Waals surface area contributed by atoms with Gasteiger partial charge in [0, 0.05) is 7.11 Å². The normalized spacial score (nSPS) is 10.3. The minimum atomic E-state index is 0.428. The van der Waals surface area contributed by atoms with Gasteiger partial charge in [-0.05, 0) is 6.42 Å². The Balaban J connectivity index is 2.97. The molecule has 0 unspecified atom stereocenters. The lowest BCUT2D eigenvalue weighted by Crippen LogP contribution is -2.09. The number of thiazole rings is 1. The number of nitrogens with two attached hydrogens (primary N) is 1. The van der Waals surface area contributed by atoms with Crippen LogP contribution in [-0.2, 0) is 17.8 Å². The van der Waals surface area contributed by atoms with Crippen LogP contribution in [0.3, 0.4) is 0 Å². The van der Waals surface area contributed by atoms with E-state index in [1.807, 2.05) is 6.92 Å². The highest BCUT2D eigenvalue weighted by molar-refractivity contribution is 7.81. The molecule has 1 rings (SSSR count). The molecule has 0 aliphatic rings. The number of ether oxygens (including phenoxy) is 1. The van der Waals surface area contributed by atoms with E-state index in [-0.39, 0.29) is 0 Å². The molecule has 13 heavy (non-hydrogen) atoms. The third-order valence-corrected chi connectivity index (χ3v) is 3.01. The SMILES string of the molecule is CCc1nc(COC)sc1C(N)=S. The van der Waals surface area contributed by atoms with E-state index in [1.54, 1.807) is 7.11 Å². The number of rotatable bonds is 4. The summed E-state index contributed by atoms with van der Waals surface area (Å²) in [5.74, 6) is 0. The number of hydrogen-bond acceptors (Lipinski definition) is 4. The number of aromatic nitrogens is 1. The Bertz CT molecular complexity index is 309. The topological polar surface area (TPSA) is 48.1 Å². The van der Waals surface area contributed by atoms with Crippen LogP contribution in [0.2, 0.25) is 0 Å². The van der Waals surface area contributed by atoms with Crippen molar-refractivity contribution in [3.05, 3.63) is 15.6 Å². The van der Waals surface area contributed by atoms with E-state index in [0.29, 0.717) is 11.6 Å². The maximum Gasteiger partial charge on any atom is 0.119 e. The van der Waals surface area contributed by atoms with Crippen LogP contribution < -0.4 is 5.73 Å². The summed E-state index contributed by atoms with van der Waals surface area (Å²) >= 11 is 6.44. The van der Waals surface area contributed by atoms with Crippen LogP contribution >= 0.6 is 23.6 Å². The van der Waals surface area contributed by atoms with Gasteiger partial charge in [-0.3, -0.25) is 0 Å². The highest BCUT2D eigenvalue weighted by Crippen LogP contribution is 2.19. The van der Waals surface area contributed by atoms with E-state index >= 15 is 0 Å². The fourth-order valence-corrected chi connectivity index (χ4v) is 2.24. The molecule has 0 fully saturated rings. The number of thiocarbonyl (C=S) groups is 1. The lowest BCUT2D eigenvalue weighted by Gasteiger charge is -1.93. The highest BCUT2D eigenvalue weighted by Gasteiger charge is 2.11. The van der Waals surface area contributed by atoms with E-state index in [2.05, 4.69) is 4.98 Å². The Morgan fingerprint density at radius 2 is 2.38 bits per heavy atom. The molecule has 0 aliphatic heterocycles. The molecule has 0 atom stereocenters. The van der Waals surface area contributed by atoms with Crippen LogP contribution in [-0.4, -0.2) is 17.1 Å². The van der Waals surface area contributed by atoms with Gasteiger partial charge in [0.2, 0.25) is 0 Å². The molecule has 1 aromatic rings. The van der Waals surface area contributed by atoms with Gasteiger partial charge < -0.3 is 10.5 Å². The third-order valence-electron chi connectivity index (χ3n) is 1.57. The fourth-order valence-electron chi connectivity index (χ4n) is 1.02. The molecule has 0 bridgehead atoms. The van der Waals surface area contributed by atoms with Gasteiger partial charge in [0.05, 0.1) is 17.2 Å². The summed E-state index contributed by atoms with van der Waals surface area (Å²) in [5.41, 5.74) is 6.54. The molecule has 0 saturated heterocycles. The Labute approximate surface area is 86.9 Å². The van der Waals surface area contributed by atoms with Crippen molar-refractivity contribution in [2.45, 2.75) is 20.0 Å². The van der Waals surface area contributed by atoms with Gasteiger partial charge in [0.15, 0.2) is 0 Å². The first-order valence-electron chi connectivity index (χ1n) is 3.96. The zero-order valence-corrected chi connectivity index (χ0v) is 9.30. The Morgan fingerprint density at radius 1 is 1.69 bits per heavy atom. The minimum Gasteiger partial charge on any atom is -0.389 e. The quantitative estimate of drug-likeness (QED) is 0.775. The first kappa shape index (κ1) is 10.6. The predicted molar refractivity (Wildman–Crippen MR) is 58.1 cm³/mol. The fraction of sp³-hybridized carbons (Fsp3) is 0.500. The average Bonchev–Trinajstić information content (AvgIpc) is 2.48. The summed E-state index contributed by atoms with van der Waals surface area (Å²) in [4.78, 5) is 5.71. The zero-order valence-electron chi connectivity index (χ0n) is 7.66. The smallest absolute Gasteiger partial charge is 0.119 e. The summed E-state index contributed by atoms with van der Waals surface area (Å²) in [6, 6.07) is 0. The summed E-state index contributed by atoms with van der Waals surface area (Å²) in [7, 11) is 1.65. The minimum absolute atomic E-state index is 0.428. The molecule has 0 radical (unpaired) electrons. The molecular weight excluding hydrogens is 204 g/mol. The summed E-state index contributed by atoms with van der Waals surface area (Å²) in [5, 5.41) is 0.933. The van der Waals surface area contributed by atoms with Crippen LogP contribution in [0, 0.1) is 0 Å². The summed E-state index contributed by atoms with van der Waals surface area (Å²) in [6.45, 7) is 2.56. The Hall–Kier alpha value is -0.520. The molecule has 5 heteroatoms. The molecule has 72 valence electrons. The summed E-state index contributed by atoms with van der Waals surface area (Å²) in [6.07, 6.45) is 0.854. The zero-order chi connectivity index (χ0) is 9.84. The molecule has 0 saturated carbocycles. The molecule has 1 heterocycles.